The number of fused-ring (bicyclic) bond motifs is 2. The lowest BCUT2D eigenvalue weighted by molar-refractivity contribution is -0.127. The highest BCUT2D eigenvalue weighted by Gasteiger charge is 2.45. The molecule has 3 aliphatic heterocycles. The molecule has 0 aromatic carbocycles. The van der Waals surface area contributed by atoms with Gasteiger partial charge in [0.05, 0.1) is 5.75 Å². The first-order valence-corrected chi connectivity index (χ1v) is 6.86. The molecule has 0 spiro atoms. The number of carbonyl (C=O) groups is 2. The first-order chi connectivity index (χ1) is 7.66. The molecule has 2 amide bonds. The molecule has 4 nitrogen and oxygen atoms in total. The predicted molar refractivity (Wildman–Crippen MR) is 62.3 cm³/mol. The van der Waals surface area contributed by atoms with Crippen molar-refractivity contribution in [1.82, 2.24) is 9.80 Å². The third-order valence-electron chi connectivity index (χ3n) is 4.22. The number of amides is 2. The van der Waals surface area contributed by atoms with Crippen molar-refractivity contribution in [2.75, 3.05) is 12.8 Å². The molecule has 3 aliphatic rings. The normalized spacial score (nSPS) is 39.8. The zero-order chi connectivity index (χ0) is 11.3. The van der Waals surface area contributed by atoms with E-state index in [2.05, 4.69) is 11.9 Å². The van der Waals surface area contributed by atoms with Gasteiger partial charge in [-0.3, -0.25) is 14.5 Å². The van der Waals surface area contributed by atoms with Crippen LogP contribution in [0.1, 0.15) is 25.7 Å². The first kappa shape index (κ1) is 10.6. The molecule has 3 saturated heterocycles. The van der Waals surface area contributed by atoms with Crippen LogP contribution in [0.5, 0.6) is 0 Å². The van der Waals surface area contributed by atoms with Crippen LogP contribution >= 0.6 is 11.8 Å². The molecular weight excluding hydrogens is 224 g/mol. The van der Waals surface area contributed by atoms with E-state index in [9.17, 15) is 9.59 Å². The van der Waals surface area contributed by atoms with E-state index in [1.54, 1.807) is 0 Å². The van der Waals surface area contributed by atoms with Crippen LogP contribution in [0.2, 0.25) is 0 Å². The van der Waals surface area contributed by atoms with Gasteiger partial charge in [-0.1, -0.05) is 11.8 Å². The molecule has 3 rings (SSSR count). The van der Waals surface area contributed by atoms with E-state index >= 15 is 0 Å². The summed E-state index contributed by atoms with van der Waals surface area (Å²) < 4.78 is 0. The minimum absolute atomic E-state index is 0.0175. The third-order valence-corrected chi connectivity index (χ3v) is 5.06. The van der Waals surface area contributed by atoms with Crippen LogP contribution in [0.3, 0.4) is 0 Å². The zero-order valence-electron chi connectivity index (χ0n) is 9.39. The quantitative estimate of drug-likeness (QED) is 0.693. The number of hydrogen-bond donors (Lipinski definition) is 0. The van der Waals surface area contributed by atoms with Crippen LogP contribution in [0.25, 0.3) is 0 Å². The summed E-state index contributed by atoms with van der Waals surface area (Å²) in [5.41, 5.74) is 0. The van der Waals surface area contributed by atoms with Crippen molar-refractivity contribution < 1.29 is 9.59 Å². The Labute approximate surface area is 99.3 Å². The van der Waals surface area contributed by atoms with Crippen LogP contribution < -0.4 is 0 Å². The fourth-order valence-corrected chi connectivity index (χ4v) is 4.09. The maximum Gasteiger partial charge on any atom is 0.289 e. The first-order valence-electron chi connectivity index (χ1n) is 5.87. The van der Waals surface area contributed by atoms with Crippen LogP contribution in [0.15, 0.2) is 0 Å². The van der Waals surface area contributed by atoms with Crippen molar-refractivity contribution in [2.45, 2.75) is 43.8 Å². The van der Waals surface area contributed by atoms with E-state index in [0.717, 1.165) is 24.6 Å². The summed E-state index contributed by atoms with van der Waals surface area (Å²) >= 11 is 1.15. The number of hydrogen-bond acceptors (Lipinski definition) is 4. The average Bonchev–Trinajstić information content (AvgIpc) is 2.67. The summed E-state index contributed by atoms with van der Waals surface area (Å²) in [5.74, 6) is 0.365. The van der Waals surface area contributed by atoms with E-state index in [1.807, 2.05) is 0 Å². The zero-order valence-corrected chi connectivity index (χ0v) is 10.2. The summed E-state index contributed by atoms with van der Waals surface area (Å²) in [6.45, 7) is 0. The Morgan fingerprint density at radius 2 is 1.75 bits per heavy atom. The Morgan fingerprint density at radius 1 is 1.12 bits per heavy atom. The summed E-state index contributed by atoms with van der Waals surface area (Å²) in [6, 6.07) is 1.33. The molecule has 2 atom stereocenters. The molecule has 0 aliphatic carbocycles. The van der Waals surface area contributed by atoms with Gasteiger partial charge in [-0.2, -0.15) is 0 Å². The smallest absolute Gasteiger partial charge is 0.289 e. The van der Waals surface area contributed by atoms with Gasteiger partial charge in [-0.15, -0.1) is 0 Å². The molecule has 0 radical (unpaired) electrons. The SMILES string of the molecule is CN1C2CCC1CC(N1C(=O)CSC1=O)C2. The molecule has 0 saturated carbocycles. The number of rotatable bonds is 1. The lowest BCUT2D eigenvalue weighted by Crippen LogP contribution is -2.50. The summed E-state index contributed by atoms with van der Waals surface area (Å²) in [6.07, 6.45) is 4.40. The molecule has 88 valence electrons. The average molecular weight is 240 g/mol. The van der Waals surface area contributed by atoms with E-state index < -0.39 is 0 Å². The lowest BCUT2D eigenvalue weighted by atomic mass is 9.97. The fourth-order valence-electron chi connectivity index (χ4n) is 3.31. The highest BCUT2D eigenvalue weighted by molar-refractivity contribution is 8.14. The number of nitrogens with zero attached hydrogens (tertiary/aromatic N) is 2. The Morgan fingerprint density at radius 3 is 2.25 bits per heavy atom. The second-order valence-corrected chi connectivity index (χ2v) is 5.92. The Bertz CT molecular complexity index is 317. The Kier molecular flexibility index (Phi) is 2.47. The van der Waals surface area contributed by atoms with Crippen molar-refractivity contribution in [2.24, 2.45) is 0 Å². The van der Waals surface area contributed by atoms with Crippen molar-refractivity contribution in [3.63, 3.8) is 0 Å². The molecule has 5 heteroatoms. The molecule has 2 bridgehead atoms. The van der Waals surface area contributed by atoms with Gasteiger partial charge < -0.3 is 4.90 Å². The van der Waals surface area contributed by atoms with Crippen LogP contribution in [0, 0.1) is 0 Å². The second-order valence-electron chi connectivity index (χ2n) is 4.99. The summed E-state index contributed by atoms with van der Waals surface area (Å²) in [4.78, 5) is 27.3. The molecule has 3 fully saturated rings. The monoisotopic (exact) mass is 240 g/mol. The van der Waals surface area contributed by atoms with E-state index in [1.165, 1.54) is 17.7 Å². The predicted octanol–water partition coefficient (Wildman–Crippen LogP) is 1.31. The number of carbonyl (C=O) groups excluding carboxylic acids is 2. The Balaban J connectivity index is 1.77. The van der Waals surface area contributed by atoms with Gasteiger partial charge in [-0.25, -0.2) is 0 Å². The van der Waals surface area contributed by atoms with Crippen LogP contribution in [-0.2, 0) is 4.79 Å². The van der Waals surface area contributed by atoms with Gasteiger partial charge in [0, 0.05) is 18.1 Å². The largest absolute Gasteiger partial charge is 0.300 e. The van der Waals surface area contributed by atoms with Crippen molar-refractivity contribution in [3.8, 4) is 0 Å². The second kappa shape index (κ2) is 3.74. The van der Waals surface area contributed by atoms with Crippen molar-refractivity contribution in [3.05, 3.63) is 0 Å². The molecule has 16 heavy (non-hydrogen) atoms. The minimum atomic E-state index is -0.0287. The lowest BCUT2D eigenvalue weighted by Gasteiger charge is -2.39. The van der Waals surface area contributed by atoms with Crippen molar-refractivity contribution in [1.29, 1.82) is 0 Å². The third kappa shape index (κ3) is 1.49. The Hall–Kier alpha value is -0.550. The number of thioether (sulfide) groups is 1. The minimum Gasteiger partial charge on any atom is -0.300 e. The highest BCUT2D eigenvalue weighted by atomic mass is 32.2. The molecule has 2 unspecified atom stereocenters. The van der Waals surface area contributed by atoms with E-state index in [0.29, 0.717) is 17.8 Å². The molecular formula is C11H16N2O2S. The topological polar surface area (TPSA) is 40.6 Å². The number of imide groups is 1. The molecule has 0 aromatic rings. The molecule has 3 heterocycles. The van der Waals surface area contributed by atoms with Gasteiger partial charge in [0.2, 0.25) is 5.91 Å². The van der Waals surface area contributed by atoms with Gasteiger partial charge in [-0.05, 0) is 32.7 Å². The highest BCUT2D eigenvalue weighted by Crippen LogP contribution is 2.38. The summed E-state index contributed by atoms with van der Waals surface area (Å²) in [7, 11) is 2.17. The van der Waals surface area contributed by atoms with Gasteiger partial charge >= 0.3 is 0 Å². The van der Waals surface area contributed by atoms with Gasteiger partial charge in [0.1, 0.15) is 0 Å². The maximum absolute atomic E-state index is 11.7. The summed E-state index contributed by atoms with van der Waals surface area (Å²) in [5, 5.41) is -0.0287. The van der Waals surface area contributed by atoms with Crippen LogP contribution in [0.4, 0.5) is 4.79 Å². The number of piperidine rings is 1. The fraction of sp³-hybridized carbons (Fsp3) is 0.818. The van der Waals surface area contributed by atoms with E-state index in [4.69, 9.17) is 0 Å². The van der Waals surface area contributed by atoms with Crippen molar-refractivity contribution >= 4 is 22.9 Å². The van der Waals surface area contributed by atoms with Crippen LogP contribution in [-0.4, -0.2) is 51.9 Å². The standard InChI is InChI=1S/C11H16N2O2S/c1-12-7-2-3-8(12)5-9(4-7)13-10(14)6-16-11(13)15/h7-9H,2-6H2,1H3. The maximum atomic E-state index is 11.7. The molecule has 0 N–H and O–H groups in total. The van der Waals surface area contributed by atoms with Gasteiger partial charge in [0.15, 0.2) is 0 Å². The van der Waals surface area contributed by atoms with E-state index in [-0.39, 0.29) is 17.2 Å². The van der Waals surface area contributed by atoms with Gasteiger partial charge in [0.25, 0.3) is 5.24 Å². The molecule has 0 aromatic heterocycles.